The highest BCUT2D eigenvalue weighted by Gasteiger charge is 2.35. The van der Waals surface area contributed by atoms with Crippen molar-refractivity contribution in [3.63, 3.8) is 0 Å². The normalized spacial score (nSPS) is 23.2. The van der Waals surface area contributed by atoms with Gasteiger partial charge in [0.05, 0.1) is 18.6 Å². The number of carbonyl (C=O) groups excluding carboxylic acids is 4. The number of aliphatic hydroxyl groups excluding tert-OH is 1. The van der Waals surface area contributed by atoms with E-state index in [0.29, 0.717) is 64.2 Å². The Hall–Kier alpha value is -3.74. The fraction of sp³-hybridized carbons (Fsp3) is 0.667. The second kappa shape index (κ2) is 18.7. The summed E-state index contributed by atoms with van der Waals surface area (Å²) in [6.45, 7) is 11.8. The van der Waals surface area contributed by atoms with Crippen LogP contribution in [0.15, 0.2) is 47.6 Å². The van der Waals surface area contributed by atoms with E-state index in [1.807, 2.05) is 62.1 Å². The summed E-state index contributed by atoms with van der Waals surface area (Å²) in [5.41, 5.74) is 3.74. The van der Waals surface area contributed by atoms with E-state index in [2.05, 4.69) is 15.1 Å². The number of allylic oxidation sites excluding steroid dienone is 1. The summed E-state index contributed by atoms with van der Waals surface area (Å²) < 4.78 is 11.4. The van der Waals surface area contributed by atoms with Gasteiger partial charge in [-0.3, -0.25) is 9.59 Å². The maximum atomic E-state index is 14.0. The number of aliphatic hydroxyl groups is 1. The predicted octanol–water partition coefficient (Wildman–Crippen LogP) is 5.55. The number of ketones is 1. The molecule has 12 heteroatoms. The number of likely N-dealkylation sites (tertiary alicyclic amines) is 3. The highest BCUT2D eigenvalue weighted by Crippen LogP contribution is 2.30. The van der Waals surface area contributed by atoms with Crippen LogP contribution in [0.4, 0.5) is 15.3 Å². The van der Waals surface area contributed by atoms with Crippen LogP contribution >= 0.6 is 0 Å². The van der Waals surface area contributed by atoms with E-state index in [1.165, 1.54) is 0 Å². The molecule has 12 nitrogen and oxygen atoms in total. The molecule has 0 bridgehead atoms. The number of urea groups is 1. The molecule has 4 aliphatic heterocycles. The van der Waals surface area contributed by atoms with Crippen molar-refractivity contribution in [2.45, 2.75) is 122 Å². The molecule has 2 N–H and O–H groups in total. The van der Waals surface area contributed by atoms with Gasteiger partial charge in [-0.1, -0.05) is 30.4 Å². The van der Waals surface area contributed by atoms with Gasteiger partial charge in [-0.05, 0) is 127 Å². The van der Waals surface area contributed by atoms with Crippen LogP contribution in [-0.2, 0) is 25.5 Å². The molecule has 1 aliphatic carbocycles. The van der Waals surface area contributed by atoms with Crippen molar-refractivity contribution in [3.05, 3.63) is 53.1 Å². The molecule has 0 radical (unpaired) electrons. The van der Waals surface area contributed by atoms with Crippen LogP contribution in [0.3, 0.4) is 0 Å². The molecule has 1 aromatic carbocycles. The monoisotopic (exact) mass is 747 g/mol. The number of piperidine rings is 3. The lowest BCUT2D eigenvalue weighted by molar-refractivity contribution is -0.147. The average molecular weight is 748 g/mol. The quantitative estimate of drug-likeness (QED) is 0.264. The van der Waals surface area contributed by atoms with Gasteiger partial charge in [-0.25, -0.2) is 9.59 Å². The molecule has 0 aromatic heterocycles. The van der Waals surface area contributed by atoms with Crippen molar-refractivity contribution < 1.29 is 33.8 Å². The summed E-state index contributed by atoms with van der Waals surface area (Å²) in [4.78, 5) is 61.2. The standard InChI is InChI=1S/C42H61N5O7/c1-29(2)53-40(50)17-20-44-18-13-34(14-19-44)45-21-10-31(11-22-45)27-38(49)39(28-32-8-9-37(48)30(3)26-32)54-42(52)46-23-15-35(16-24-46)47-25-12-33-6-4-5-7-36(33)43-41(47)51/h4-8,26,29,31,34-35,37,39,48H,9-25,27-28H2,1-3H3,(H,43,51). The fourth-order valence-corrected chi connectivity index (χ4v) is 8.79. The molecule has 4 heterocycles. The first kappa shape index (κ1) is 39.9. The number of nitrogens with zero attached hydrogens (tertiary/aromatic N) is 4. The Morgan fingerprint density at radius 2 is 1.61 bits per heavy atom. The average Bonchev–Trinajstić information content (AvgIpc) is 3.33. The number of Topliss-reactive ketones (excluding diaryl/α,β-unsaturated/α-hetero) is 1. The molecule has 2 atom stereocenters. The lowest BCUT2D eigenvalue weighted by atomic mass is 9.87. The predicted molar refractivity (Wildman–Crippen MR) is 207 cm³/mol. The van der Waals surface area contributed by atoms with E-state index in [0.717, 1.165) is 87.2 Å². The Morgan fingerprint density at radius 3 is 2.31 bits per heavy atom. The molecule has 3 saturated heterocycles. The van der Waals surface area contributed by atoms with Crippen molar-refractivity contribution in [1.82, 2.24) is 19.6 Å². The summed E-state index contributed by atoms with van der Waals surface area (Å²) in [6, 6.07) is 8.33. The number of fused-ring (bicyclic) bond motifs is 1. The van der Waals surface area contributed by atoms with Crippen LogP contribution in [0, 0.1) is 5.92 Å². The molecule has 0 saturated carbocycles. The zero-order chi connectivity index (χ0) is 38.2. The molecule has 2 unspecified atom stereocenters. The third-order valence-corrected chi connectivity index (χ3v) is 12.1. The third-order valence-electron chi connectivity index (χ3n) is 12.1. The van der Waals surface area contributed by atoms with Crippen LogP contribution in [-0.4, -0.2) is 131 Å². The number of carbonyl (C=O) groups is 4. The van der Waals surface area contributed by atoms with Crippen LogP contribution in [0.5, 0.6) is 0 Å². The molecular weight excluding hydrogens is 686 g/mol. The van der Waals surface area contributed by atoms with Crippen molar-refractivity contribution in [3.8, 4) is 0 Å². The summed E-state index contributed by atoms with van der Waals surface area (Å²) in [7, 11) is 0. The van der Waals surface area contributed by atoms with E-state index < -0.39 is 18.3 Å². The van der Waals surface area contributed by atoms with Gasteiger partial charge in [-0.15, -0.1) is 0 Å². The van der Waals surface area contributed by atoms with E-state index in [-0.39, 0.29) is 35.8 Å². The fourth-order valence-electron chi connectivity index (χ4n) is 8.79. The van der Waals surface area contributed by atoms with Gasteiger partial charge in [0, 0.05) is 56.8 Å². The smallest absolute Gasteiger partial charge is 0.410 e. The van der Waals surface area contributed by atoms with E-state index >= 15 is 0 Å². The number of ether oxygens (including phenoxy) is 2. The zero-order valence-electron chi connectivity index (χ0n) is 32.5. The van der Waals surface area contributed by atoms with Gasteiger partial charge in [0.1, 0.15) is 0 Å². The molecule has 3 fully saturated rings. The Labute approximate surface area is 320 Å². The lowest BCUT2D eigenvalue weighted by Gasteiger charge is -2.42. The number of hydrogen-bond donors (Lipinski definition) is 2. The maximum Gasteiger partial charge on any atom is 0.410 e. The molecule has 6 rings (SSSR count). The van der Waals surface area contributed by atoms with E-state index in [4.69, 9.17) is 9.47 Å². The zero-order valence-corrected chi connectivity index (χ0v) is 32.5. The minimum atomic E-state index is -0.893. The molecular formula is C42H61N5O7. The molecule has 3 amide bonds. The number of nitrogens with one attached hydrogen (secondary N) is 1. The maximum absolute atomic E-state index is 14.0. The Kier molecular flexibility index (Phi) is 13.9. The molecule has 0 spiro atoms. The van der Waals surface area contributed by atoms with Gasteiger partial charge in [-0.2, -0.15) is 0 Å². The number of hydrogen-bond acceptors (Lipinski definition) is 9. The van der Waals surface area contributed by atoms with E-state index in [1.54, 1.807) is 4.90 Å². The van der Waals surface area contributed by atoms with Crippen LogP contribution < -0.4 is 5.32 Å². The Morgan fingerprint density at radius 1 is 0.907 bits per heavy atom. The number of para-hydroxylation sites is 1. The highest BCUT2D eigenvalue weighted by molar-refractivity contribution is 5.91. The van der Waals surface area contributed by atoms with Gasteiger partial charge in [0.25, 0.3) is 0 Å². The summed E-state index contributed by atoms with van der Waals surface area (Å²) in [6.07, 6.45) is 9.57. The topological polar surface area (TPSA) is 132 Å². The highest BCUT2D eigenvalue weighted by atomic mass is 16.6. The Bertz CT molecular complexity index is 1540. The second-order valence-electron chi connectivity index (χ2n) is 16.3. The number of esters is 1. The molecule has 296 valence electrons. The lowest BCUT2D eigenvalue weighted by Crippen LogP contribution is -2.50. The van der Waals surface area contributed by atoms with Crippen molar-refractivity contribution in [2.75, 3.05) is 57.7 Å². The minimum Gasteiger partial charge on any atom is -0.463 e. The van der Waals surface area contributed by atoms with Gasteiger partial charge in [0.15, 0.2) is 11.9 Å². The van der Waals surface area contributed by atoms with Crippen molar-refractivity contribution in [2.24, 2.45) is 5.92 Å². The number of amides is 3. The van der Waals surface area contributed by atoms with Gasteiger partial charge in [0.2, 0.25) is 0 Å². The third kappa shape index (κ3) is 10.7. The number of rotatable bonds is 12. The summed E-state index contributed by atoms with van der Waals surface area (Å²) in [5.74, 6) is 0.0663. The molecule has 54 heavy (non-hydrogen) atoms. The second-order valence-corrected chi connectivity index (χ2v) is 16.3. The molecule has 1 aromatic rings. The summed E-state index contributed by atoms with van der Waals surface area (Å²) >= 11 is 0. The first-order valence-electron chi connectivity index (χ1n) is 20.4. The number of anilines is 1. The van der Waals surface area contributed by atoms with E-state index in [9.17, 15) is 24.3 Å². The van der Waals surface area contributed by atoms with Crippen molar-refractivity contribution in [1.29, 1.82) is 0 Å². The first-order valence-corrected chi connectivity index (χ1v) is 20.4. The van der Waals surface area contributed by atoms with Gasteiger partial charge >= 0.3 is 18.1 Å². The Balaban J connectivity index is 0.981. The molecule has 5 aliphatic rings. The number of benzene rings is 1. The summed E-state index contributed by atoms with van der Waals surface area (Å²) in [5, 5.41) is 13.3. The largest absolute Gasteiger partial charge is 0.463 e. The van der Waals surface area contributed by atoms with Crippen LogP contribution in [0.1, 0.15) is 90.5 Å². The minimum absolute atomic E-state index is 0.0199. The SMILES string of the molecule is CC1=CC(CC(OC(=O)N2CCC(N3CCc4ccccc4NC3=O)CC2)C(=O)CC2CCN(C3CCN(CCC(=O)OC(C)C)CC3)CC2)=CCC1O. The van der Waals surface area contributed by atoms with Crippen LogP contribution in [0.25, 0.3) is 0 Å². The van der Waals surface area contributed by atoms with Gasteiger partial charge < -0.3 is 39.5 Å². The van der Waals surface area contributed by atoms with Crippen LogP contribution in [0.2, 0.25) is 0 Å². The van der Waals surface area contributed by atoms with Crippen molar-refractivity contribution >= 4 is 29.6 Å². The first-order chi connectivity index (χ1) is 26.0.